The molecule has 0 saturated carbocycles. The van der Waals surface area contributed by atoms with Gasteiger partial charge >= 0.3 is 5.97 Å². The fraction of sp³-hybridized carbons (Fsp3) is 0.273. The van der Waals surface area contributed by atoms with Gasteiger partial charge in [-0.3, -0.25) is 4.79 Å². The van der Waals surface area contributed by atoms with Crippen LogP contribution in [-0.4, -0.2) is 16.9 Å². The first-order chi connectivity index (χ1) is 6.91. The molecule has 3 nitrogen and oxygen atoms in total. The number of aromatic carboxylic acids is 1. The lowest BCUT2D eigenvalue weighted by molar-refractivity contribution is -0.116. The van der Waals surface area contributed by atoms with Gasteiger partial charge in [0.2, 0.25) is 0 Å². The molecule has 0 unspecified atom stereocenters. The van der Waals surface area contributed by atoms with Gasteiger partial charge in [0.1, 0.15) is 11.6 Å². The van der Waals surface area contributed by atoms with Crippen LogP contribution in [0.15, 0.2) is 12.1 Å². The Bertz CT molecular complexity index is 424. The predicted octanol–water partition coefficient (Wildman–Crippen LogP) is 1.96. The molecule has 0 atom stereocenters. The standard InChI is InChI=1S/C11H11FO3/c1-6(13)3-8-4-9(11(14)15)7(2)10(12)5-8/h4-5H,3H2,1-2H3,(H,14,15). The normalized spacial score (nSPS) is 10.1. The molecule has 0 bridgehead atoms. The second kappa shape index (κ2) is 4.21. The van der Waals surface area contributed by atoms with E-state index in [1.807, 2.05) is 0 Å². The van der Waals surface area contributed by atoms with Gasteiger partial charge in [0.15, 0.2) is 0 Å². The van der Waals surface area contributed by atoms with Gasteiger partial charge in [-0.1, -0.05) is 0 Å². The van der Waals surface area contributed by atoms with Gasteiger partial charge in [-0.2, -0.15) is 0 Å². The van der Waals surface area contributed by atoms with E-state index in [2.05, 4.69) is 0 Å². The second-order valence-corrected chi connectivity index (χ2v) is 3.43. The lowest BCUT2D eigenvalue weighted by atomic mass is 10.0. The van der Waals surface area contributed by atoms with E-state index in [-0.39, 0.29) is 23.3 Å². The second-order valence-electron chi connectivity index (χ2n) is 3.43. The predicted molar refractivity (Wildman–Crippen MR) is 52.5 cm³/mol. The summed E-state index contributed by atoms with van der Waals surface area (Å²) in [5.41, 5.74) is 0.393. The molecule has 0 radical (unpaired) electrons. The van der Waals surface area contributed by atoms with Gasteiger partial charge in [-0.05, 0) is 37.1 Å². The van der Waals surface area contributed by atoms with E-state index in [0.29, 0.717) is 5.56 Å². The summed E-state index contributed by atoms with van der Waals surface area (Å²) >= 11 is 0. The van der Waals surface area contributed by atoms with Crippen LogP contribution >= 0.6 is 0 Å². The van der Waals surface area contributed by atoms with Gasteiger partial charge in [0.25, 0.3) is 0 Å². The minimum Gasteiger partial charge on any atom is -0.478 e. The van der Waals surface area contributed by atoms with Crippen LogP contribution < -0.4 is 0 Å². The Morgan fingerprint density at radius 1 is 1.40 bits per heavy atom. The van der Waals surface area contributed by atoms with Crippen LogP contribution in [0, 0.1) is 12.7 Å². The number of benzene rings is 1. The van der Waals surface area contributed by atoms with Crippen molar-refractivity contribution in [3.05, 3.63) is 34.6 Å². The van der Waals surface area contributed by atoms with Gasteiger partial charge in [-0.15, -0.1) is 0 Å². The molecule has 0 amide bonds. The summed E-state index contributed by atoms with van der Waals surface area (Å²) in [6.45, 7) is 2.77. The average Bonchev–Trinajstić information content (AvgIpc) is 2.09. The SMILES string of the molecule is CC(=O)Cc1cc(F)c(C)c(C(=O)O)c1. The quantitative estimate of drug-likeness (QED) is 0.829. The van der Waals surface area contributed by atoms with Crippen molar-refractivity contribution in [1.82, 2.24) is 0 Å². The molecule has 1 N–H and O–H groups in total. The third-order valence-electron chi connectivity index (χ3n) is 2.09. The average molecular weight is 210 g/mol. The summed E-state index contributed by atoms with van der Waals surface area (Å²) in [7, 11) is 0. The molecule has 1 rings (SSSR count). The van der Waals surface area contributed by atoms with Gasteiger partial charge in [0.05, 0.1) is 5.56 Å². The topological polar surface area (TPSA) is 54.4 Å². The lowest BCUT2D eigenvalue weighted by Gasteiger charge is -2.05. The van der Waals surface area contributed by atoms with E-state index in [0.717, 1.165) is 0 Å². The number of rotatable bonds is 3. The highest BCUT2D eigenvalue weighted by Gasteiger charge is 2.13. The monoisotopic (exact) mass is 210 g/mol. The molecular weight excluding hydrogens is 199 g/mol. The minimum absolute atomic E-state index is 0.0531. The Balaban J connectivity index is 3.23. The van der Waals surface area contributed by atoms with Crippen molar-refractivity contribution in [2.75, 3.05) is 0 Å². The van der Waals surface area contributed by atoms with Crippen molar-refractivity contribution in [3.8, 4) is 0 Å². The fourth-order valence-corrected chi connectivity index (χ4v) is 1.35. The van der Waals surface area contributed by atoms with E-state index in [1.54, 1.807) is 0 Å². The maximum atomic E-state index is 13.3. The zero-order valence-corrected chi connectivity index (χ0v) is 8.50. The first-order valence-electron chi connectivity index (χ1n) is 4.43. The molecule has 1 aromatic rings. The number of Topliss-reactive ketones (excluding diaryl/α,β-unsaturated/α-hetero) is 1. The van der Waals surface area contributed by atoms with E-state index in [9.17, 15) is 14.0 Å². The Hall–Kier alpha value is -1.71. The Labute approximate surface area is 86.5 Å². The van der Waals surface area contributed by atoms with Crippen LogP contribution in [0.25, 0.3) is 0 Å². The van der Waals surface area contributed by atoms with Crippen LogP contribution in [0.5, 0.6) is 0 Å². The molecule has 0 aromatic heterocycles. The molecular formula is C11H11FO3. The third kappa shape index (κ3) is 2.62. The Morgan fingerprint density at radius 3 is 2.47 bits per heavy atom. The van der Waals surface area contributed by atoms with E-state index in [4.69, 9.17) is 5.11 Å². The summed E-state index contributed by atoms with van der Waals surface area (Å²) in [5.74, 6) is -1.91. The first-order valence-corrected chi connectivity index (χ1v) is 4.43. The number of halogens is 1. The Morgan fingerprint density at radius 2 is 2.00 bits per heavy atom. The number of hydrogen-bond donors (Lipinski definition) is 1. The fourth-order valence-electron chi connectivity index (χ4n) is 1.35. The van der Waals surface area contributed by atoms with Crippen molar-refractivity contribution < 1.29 is 19.1 Å². The van der Waals surface area contributed by atoms with E-state index < -0.39 is 11.8 Å². The number of carboxylic acid groups (broad SMARTS) is 1. The Kier molecular flexibility index (Phi) is 3.19. The van der Waals surface area contributed by atoms with Gasteiger partial charge in [0, 0.05) is 6.42 Å². The molecule has 0 aliphatic heterocycles. The maximum Gasteiger partial charge on any atom is 0.336 e. The summed E-state index contributed by atoms with van der Waals surface area (Å²) in [4.78, 5) is 21.6. The summed E-state index contributed by atoms with van der Waals surface area (Å²) in [6.07, 6.45) is 0.0531. The zero-order valence-electron chi connectivity index (χ0n) is 8.50. The van der Waals surface area contributed by atoms with E-state index >= 15 is 0 Å². The number of hydrogen-bond acceptors (Lipinski definition) is 2. The van der Waals surface area contributed by atoms with Crippen molar-refractivity contribution >= 4 is 11.8 Å². The molecule has 0 fully saturated rings. The lowest BCUT2D eigenvalue weighted by Crippen LogP contribution is -2.05. The zero-order chi connectivity index (χ0) is 11.6. The van der Waals surface area contributed by atoms with Gasteiger partial charge in [-0.25, -0.2) is 9.18 Å². The number of carbonyl (C=O) groups is 2. The van der Waals surface area contributed by atoms with Crippen molar-refractivity contribution in [2.45, 2.75) is 20.3 Å². The highest BCUT2D eigenvalue weighted by molar-refractivity contribution is 5.90. The van der Waals surface area contributed by atoms with Gasteiger partial charge < -0.3 is 5.11 Å². The molecule has 0 saturated heterocycles. The first kappa shape index (κ1) is 11.4. The molecule has 0 aliphatic carbocycles. The molecule has 4 heteroatoms. The highest BCUT2D eigenvalue weighted by atomic mass is 19.1. The molecule has 1 aromatic carbocycles. The van der Waals surface area contributed by atoms with E-state index in [1.165, 1.54) is 26.0 Å². The summed E-state index contributed by atoms with van der Waals surface area (Å²) in [6, 6.07) is 2.53. The summed E-state index contributed by atoms with van der Waals surface area (Å²) < 4.78 is 13.3. The van der Waals surface area contributed by atoms with Crippen LogP contribution in [0.1, 0.15) is 28.4 Å². The van der Waals surface area contributed by atoms with Crippen LogP contribution in [0.4, 0.5) is 4.39 Å². The molecule has 0 aliphatic rings. The molecule has 80 valence electrons. The van der Waals surface area contributed by atoms with Crippen LogP contribution in [0.2, 0.25) is 0 Å². The van der Waals surface area contributed by atoms with Crippen molar-refractivity contribution in [1.29, 1.82) is 0 Å². The number of carboxylic acids is 1. The summed E-state index contributed by atoms with van der Waals surface area (Å²) in [5, 5.41) is 8.80. The molecule has 15 heavy (non-hydrogen) atoms. The van der Waals surface area contributed by atoms with Crippen LogP contribution in [-0.2, 0) is 11.2 Å². The molecule has 0 heterocycles. The smallest absolute Gasteiger partial charge is 0.336 e. The largest absolute Gasteiger partial charge is 0.478 e. The number of ketones is 1. The highest BCUT2D eigenvalue weighted by Crippen LogP contribution is 2.16. The number of carbonyl (C=O) groups excluding carboxylic acids is 1. The maximum absolute atomic E-state index is 13.3. The molecule has 0 spiro atoms. The van der Waals surface area contributed by atoms with Crippen molar-refractivity contribution in [3.63, 3.8) is 0 Å². The van der Waals surface area contributed by atoms with Crippen molar-refractivity contribution in [2.24, 2.45) is 0 Å². The minimum atomic E-state index is -1.18. The third-order valence-corrected chi connectivity index (χ3v) is 2.09. The van der Waals surface area contributed by atoms with Crippen LogP contribution in [0.3, 0.4) is 0 Å².